The van der Waals surface area contributed by atoms with Gasteiger partial charge in [0.25, 0.3) is 0 Å². The fraction of sp³-hybridized carbons (Fsp3) is 0.0625. The molecule has 23 heavy (non-hydrogen) atoms. The van der Waals surface area contributed by atoms with E-state index in [1.54, 1.807) is 30.3 Å². The number of rotatable bonds is 5. The highest BCUT2D eigenvalue weighted by molar-refractivity contribution is 7.15. The van der Waals surface area contributed by atoms with Gasteiger partial charge >= 0.3 is 0 Å². The molecule has 7 heteroatoms. The number of carbonyl (C=O) groups is 1. The van der Waals surface area contributed by atoms with Gasteiger partial charge in [-0.25, -0.2) is 4.39 Å². The molecule has 3 rings (SSSR count). The molecule has 5 nitrogen and oxygen atoms in total. The van der Waals surface area contributed by atoms with Crippen LogP contribution in [0.1, 0.15) is 16.3 Å². The van der Waals surface area contributed by atoms with Gasteiger partial charge in [0.1, 0.15) is 16.6 Å². The molecule has 0 saturated carbocycles. The largest absolute Gasteiger partial charge is 0.465 e. The van der Waals surface area contributed by atoms with Gasteiger partial charge in [0.15, 0.2) is 0 Å². The van der Waals surface area contributed by atoms with Gasteiger partial charge in [-0.1, -0.05) is 23.5 Å². The summed E-state index contributed by atoms with van der Waals surface area (Å²) in [5, 5.41) is 11.7. The van der Waals surface area contributed by atoms with E-state index in [-0.39, 0.29) is 11.7 Å². The zero-order chi connectivity index (χ0) is 16.1. The maximum atomic E-state index is 12.9. The average Bonchev–Trinajstić information content (AvgIpc) is 3.20. The van der Waals surface area contributed by atoms with Crippen LogP contribution in [-0.2, 0) is 11.2 Å². The van der Waals surface area contributed by atoms with Crippen molar-refractivity contribution in [2.75, 3.05) is 5.32 Å². The fourth-order valence-corrected chi connectivity index (χ4v) is 2.62. The molecule has 2 aromatic heterocycles. The van der Waals surface area contributed by atoms with Gasteiger partial charge < -0.3 is 4.42 Å². The number of furan rings is 1. The van der Waals surface area contributed by atoms with Gasteiger partial charge in [0, 0.05) is 12.5 Å². The molecule has 0 fully saturated rings. The smallest absolute Gasteiger partial charge is 0.250 e. The molecule has 0 saturated heterocycles. The van der Waals surface area contributed by atoms with Crippen LogP contribution in [0, 0.1) is 5.82 Å². The second kappa shape index (κ2) is 6.97. The number of anilines is 1. The van der Waals surface area contributed by atoms with E-state index in [1.807, 2.05) is 0 Å². The number of benzene rings is 1. The first-order valence-electron chi connectivity index (χ1n) is 6.78. The molecular formula is C16H12FN3O2S. The third-order valence-electron chi connectivity index (χ3n) is 2.91. The lowest BCUT2D eigenvalue weighted by molar-refractivity contribution is -0.111. The summed E-state index contributed by atoms with van der Waals surface area (Å²) in [6, 6.07) is 9.68. The van der Waals surface area contributed by atoms with Gasteiger partial charge in [0.2, 0.25) is 11.0 Å². The predicted octanol–water partition coefficient (Wildman–Crippen LogP) is 3.51. The van der Waals surface area contributed by atoms with E-state index in [0.29, 0.717) is 17.3 Å². The highest BCUT2D eigenvalue weighted by atomic mass is 32.1. The Morgan fingerprint density at radius 1 is 1.26 bits per heavy atom. The molecule has 0 atom stereocenters. The van der Waals surface area contributed by atoms with Crippen molar-refractivity contribution in [3.63, 3.8) is 0 Å². The summed E-state index contributed by atoms with van der Waals surface area (Å²) in [6.45, 7) is 0. The predicted molar refractivity (Wildman–Crippen MR) is 85.5 cm³/mol. The Morgan fingerprint density at radius 2 is 2.09 bits per heavy atom. The van der Waals surface area contributed by atoms with Crippen molar-refractivity contribution < 1.29 is 13.6 Å². The molecule has 0 bridgehead atoms. The van der Waals surface area contributed by atoms with Crippen LogP contribution in [0.15, 0.2) is 53.2 Å². The summed E-state index contributed by atoms with van der Waals surface area (Å²) < 4.78 is 18.0. The number of nitrogens with one attached hydrogen (secondary N) is 1. The first-order chi connectivity index (χ1) is 11.2. The highest BCUT2D eigenvalue weighted by Gasteiger charge is 2.07. The Bertz CT molecular complexity index is 810. The fourth-order valence-electron chi connectivity index (χ4n) is 1.84. The topological polar surface area (TPSA) is 68.0 Å². The van der Waals surface area contributed by atoms with Gasteiger partial charge in [-0.05, 0) is 35.9 Å². The molecule has 3 aromatic rings. The molecule has 0 radical (unpaired) electrons. The van der Waals surface area contributed by atoms with Crippen molar-refractivity contribution in [1.29, 1.82) is 0 Å². The van der Waals surface area contributed by atoms with E-state index in [9.17, 15) is 9.18 Å². The van der Waals surface area contributed by atoms with Crippen molar-refractivity contribution in [3.05, 3.63) is 70.9 Å². The molecule has 0 spiro atoms. The summed E-state index contributed by atoms with van der Waals surface area (Å²) in [6.07, 6.45) is 5.00. The van der Waals surface area contributed by atoms with Gasteiger partial charge in [0.05, 0.1) is 6.26 Å². The number of hydrogen-bond donors (Lipinski definition) is 1. The van der Waals surface area contributed by atoms with E-state index in [1.165, 1.54) is 35.8 Å². The van der Waals surface area contributed by atoms with Crippen LogP contribution in [0.5, 0.6) is 0 Å². The van der Waals surface area contributed by atoms with Crippen molar-refractivity contribution in [1.82, 2.24) is 10.2 Å². The Kier molecular flexibility index (Phi) is 4.58. The highest BCUT2D eigenvalue weighted by Crippen LogP contribution is 2.18. The number of carbonyl (C=O) groups excluding carboxylic acids is 1. The molecule has 1 N–H and O–H groups in total. The lowest BCUT2D eigenvalue weighted by Crippen LogP contribution is -2.07. The van der Waals surface area contributed by atoms with Gasteiger partial charge in [-0.2, -0.15) is 0 Å². The van der Waals surface area contributed by atoms with Crippen LogP contribution in [0.3, 0.4) is 0 Å². The molecule has 0 unspecified atom stereocenters. The molecule has 2 heterocycles. The molecule has 0 aliphatic carbocycles. The second-order valence-corrected chi connectivity index (χ2v) is 5.70. The lowest BCUT2D eigenvalue weighted by atomic mass is 10.2. The molecule has 0 aliphatic rings. The Labute approximate surface area is 135 Å². The van der Waals surface area contributed by atoms with Crippen LogP contribution in [0.25, 0.3) is 6.08 Å². The molecule has 0 aliphatic heterocycles. The first-order valence-corrected chi connectivity index (χ1v) is 7.60. The normalized spacial score (nSPS) is 11.0. The summed E-state index contributed by atoms with van der Waals surface area (Å²) in [5.41, 5.74) is 0.929. The van der Waals surface area contributed by atoms with Crippen LogP contribution < -0.4 is 5.32 Å². The third kappa shape index (κ3) is 4.33. The van der Waals surface area contributed by atoms with Crippen LogP contribution in [0.2, 0.25) is 0 Å². The summed E-state index contributed by atoms with van der Waals surface area (Å²) in [5.74, 6) is 0.00241. The number of nitrogens with zero attached hydrogens (tertiary/aromatic N) is 2. The maximum absolute atomic E-state index is 12.9. The second-order valence-electron chi connectivity index (χ2n) is 4.64. The van der Waals surface area contributed by atoms with Gasteiger partial charge in [-0.15, -0.1) is 10.2 Å². The maximum Gasteiger partial charge on any atom is 0.250 e. The van der Waals surface area contributed by atoms with Gasteiger partial charge in [-0.3, -0.25) is 10.1 Å². The van der Waals surface area contributed by atoms with Crippen molar-refractivity contribution in [2.24, 2.45) is 0 Å². The van der Waals surface area contributed by atoms with Crippen LogP contribution in [-0.4, -0.2) is 16.1 Å². The minimum Gasteiger partial charge on any atom is -0.465 e. The Hall–Kier alpha value is -2.80. The zero-order valence-corrected chi connectivity index (χ0v) is 12.7. The monoisotopic (exact) mass is 329 g/mol. The molecule has 1 amide bonds. The van der Waals surface area contributed by atoms with E-state index in [0.717, 1.165) is 10.6 Å². The Balaban J connectivity index is 1.58. The van der Waals surface area contributed by atoms with E-state index in [4.69, 9.17) is 4.42 Å². The minimum atomic E-state index is -0.314. The Morgan fingerprint density at radius 3 is 2.83 bits per heavy atom. The summed E-state index contributed by atoms with van der Waals surface area (Å²) in [4.78, 5) is 11.8. The lowest BCUT2D eigenvalue weighted by Gasteiger charge is -1.96. The third-order valence-corrected chi connectivity index (χ3v) is 3.75. The van der Waals surface area contributed by atoms with Crippen molar-refractivity contribution in [3.8, 4) is 0 Å². The van der Waals surface area contributed by atoms with E-state index < -0.39 is 0 Å². The van der Waals surface area contributed by atoms with Crippen molar-refractivity contribution >= 4 is 28.5 Å². The summed E-state index contributed by atoms with van der Waals surface area (Å²) in [7, 11) is 0. The van der Waals surface area contributed by atoms with E-state index in [2.05, 4.69) is 15.5 Å². The number of halogens is 1. The summed E-state index contributed by atoms with van der Waals surface area (Å²) >= 11 is 1.28. The zero-order valence-electron chi connectivity index (χ0n) is 11.9. The number of hydrogen-bond acceptors (Lipinski definition) is 5. The molecular weight excluding hydrogens is 317 g/mol. The van der Waals surface area contributed by atoms with Crippen LogP contribution >= 0.6 is 11.3 Å². The SMILES string of the molecule is O=C(/C=C/c1ccco1)Nc1nnc(Cc2ccc(F)cc2)s1. The quantitative estimate of drug-likeness (QED) is 0.727. The average molecular weight is 329 g/mol. The van der Waals surface area contributed by atoms with Crippen LogP contribution in [0.4, 0.5) is 9.52 Å². The molecule has 116 valence electrons. The van der Waals surface area contributed by atoms with E-state index >= 15 is 0 Å². The number of amides is 1. The minimum absolute atomic E-state index is 0.276. The van der Waals surface area contributed by atoms with Crippen molar-refractivity contribution in [2.45, 2.75) is 6.42 Å². The molecule has 1 aromatic carbocycles. The number of aromatic nitrogens is 2. The first kappa shape index (κ1) is 15.1. The standard InChI is InChI=1S/C16H12FN3O2S/c17-12-5-3-11(4-6-12)10-15-19-20-16(23-15)18-14(21)8-7-13-2-1-9-22-13/h1-9H,10H2,(H,18,20,21)/b8-7+.